The number of hydrogen-bond donors (Lipinski definition) is 0. The maximum Gasteiger partial charge on any atom is 0.167 e. The van der Waals surface area contributed by atoms with Gasteiger partial charge in [-0.05, 0) is 68.8 Å². The van der Waals surface area contributed by atoms with E-state index in [9.17, 15) is 0 Å². The van der Waals surface area contributed by atoms with Gasteiger partial charge in [-0.1, -0.05) is 11.2 Å². The van der Waals surface area contributed by atoms with E-state index in [1.54, 1.807) is 0 Å². The summed E-state index contributed by atoms with van der Waals surface area (Å²) in [5, 5.41) is 5.53. The molecule has 1 unspecified atom stereocenters. The molecule has 0 radical (unpaired) electrons. The van der Waals surface area contributed by atoms with Crippen LogP contribution in [0.25, 0.3) is 11.0 Å². The van der Waals surface area contributed by atoms with Crippen molar-refractivity contribution >= 4 is 11.0 Å². The van der Waals surface area contributed by atoms with E-state index >= 15 is 0 Å². The summed E-state index contributed by atoms with van der Waals surface area (Å²) in [5.74, 6) is 1.68. The summed E-state index contributed by atoms with van der Waals surface area (Å²) in [6, 6.07) is 6.40. The van der Waals surface area contributed by atoms with Gasteiger partial charge in [-0.15, -0.1) is 0 Å². The van der Waals surface area contributed by atoms with Gasteiger partial charge in [0.05, 0.1) is 5.69 Å². The first kappa shape index (κ1) is 11.5. The zero-order valence-electron chi connectivity index (χ0n) is 11.4. The fourth-order valence-electron chi connectivity index (χ4n) is 3.81. The number of nitrogens with zero attached hydrogens (tertiary/aromatic N) is 2. The molecule has 3 saturated heterocycles. The van der Waals surface area contributed by atoms with Crippen LogP contribution in [-0.4, -0.2) is 29.7 Å². The third-order valence-corrected chi connectivity index (χ3v) is 4.95. The summed E-state index contributed by atoms with van der Waals surface area (Å²) in [5.41, 5.74) is 3.34. The molecule has 0 amide bonds. The summed E-state index contributed by atoms with van der Waals surface area (Å²) in [6.07, 6.45) is 3.83. The lowest BCUT2D eigenvalue weighted by Crippen LogP contribution is -2.48. The fourth-order valence-corrected chi connectivity index (χ4v) is 3.81. The number of piperidine rings is 3. The topological polar surface area (TPSA) is 29.3 Å². The van der Waals surface area contributed by atoms with E-state index in [2.05, 4.69) is 35.2 Å². The monoisotopic (exact) mass is 256 g/mol. The molecule has 0 aliphatic carbocycles. The first-order chi connectivity index (χ1) is 9.29. The number of rotatable bonds is 2. The molecule has 2 bridgehead atoms. The van der Waals surface area contributed by atoms with Crippen LogP contribution < -0.4 is 0 Å². The molecule has 1 atom stereocenters. The van der Waals surface area contributed by atoms with Crippen LogP contribution >= 0.6 is 0 Å². The summed E-state index contributed by atoms with van der Waals surface area (Å²) >= 11 is 0. The van der Waals surface area contributed by atoms with Crippen LogP contribution in [0.5, 0.6) is 0 Å². The molecule has 0 spiro atoms. The van der Waals surface area contributed by atoms with Crippen LogP contribution in [-0.2, 0) is 6.42 Å². The van der Waals surface area contributed by atoms with Gasteiger partial charge in [0.15, 0.2) is 5.58 Å². The Morgan fingerprint density at radius 1 is 1.32 bits per heavy atom. The second-order valence-electron chi connectivity index (χ2n) is 6.23. The van der Waals surface area contributed by atoms with Crippen molar-refractivity contribution in [3.8, 4) is 0 Å². The van der Waals surface area contributed by atoms with E-state index < -0.39 is 0 Å². The minimum absolute atomic E-state index is 0.775. The minimum Gasteiger partial charge on any atom is -0.356 e. The largest absolute Gasteiger partial charge is 0.356 e. The van der Waals surface area contributed by atoms with Crippen LogP contribution in [0.4, 0.5) is 0 Å². The maximum atomic E-state index is 5.49. The Morgan fingerprint density at radius 2 is 2.16 bits per heavy atom. The molecule has 3 heteroatoms. The normalized spacial score (nSPS) is 30.1. The van der Waals surface area contributed by atoms with Crippen LogP contribution in [0, 0.1) is 18.8 Å². The first-order valence-electron chi connectivity index (χ1n) is 7.37. The van der Waals surface area contributed by atoms with Crippen molar-refractivity contribution in [2.45, 2.75) is 26.2 Å². The molecule has 3 nitrogen and oxygen atoms in total. The van der Waals surface area contributed by atoms with Crippen molar-refractivity contribution in [3.63, 3.8) is 0 Å². The van der Waals surface area contributed by atoms with Crippen LogP contribution in [0.1, 0.15) is 24.1 Å². The molecule has 100 valence electrons. The smallest absolute Gasteiger partial charge is 0.167 e. The Morgan fingerprint density at radius 3 is 2.89 bits per heavy atom. The first-order valence-corrected chi connectivity index (χ1v) is 7.37. The highest BCUT2D eigenvalue weighted by Gasteiger charge is 2.34. The zero-order chi connectivity index (χ0) is 12.8. The van der Waals surface area contributed by atoms with E-state index in [4.69, 9.17) is 4.52 Å². The Balaban J connectivity index is 1.61. The number of benzene rings is 1. The quantitative estimate of drug-likeness (QED) is 0.827. The minimum atomic E-state index is 0.775. The molecule has 1 aromatic heterocycles. The molecule has 3 fully saturated rings. The standard InChI is InChI=1S/C16H20N2O/c1-11-2-3-14-15(17-19-16(14)8-11)9-13-10-18-6-4-12(13)5-7-18/h2-3,8,12-13H,4-7,9-10H2,1H3. The third-order valence-electron chi connectivity index (χ3n) is 4.95. The van der Waals surface area contributed by atoms with E-state index in [1.165, 1.54) is 43.4 Å². The fraction of sp³-hybridized carbons (Fsp3) is 0.562. The third kappa shape index (κ3) is 1.96. The lowest BCUT2D eigenvalue weighted by atomic mass is 9.77. The van der Waals surface area contributed by atoms with Gasteiger partial charge in [0, 0.05) is 11.9 Å². The molecule has 0 saturated carbocycles. The van der Waals surface area contributed by atoms with Crippen LogP contribution in [0.2, 0.25) is 0 Å². The molecular formula is C16H20N2O. The molecular weight excluding hydrogens is 236 g/mol. The van der Waals surface area contributed by atoms with Crippen LogP contribution in [0.3, 0.4) is 0 Å². The lowest BCUT2D eigenvalue weighted by molar-refractivity contribution is 0.0506. The van der Waals surface area contributed by atoms with Gasteiger partial charge in [0.2, 0.25) is 0 Å². The number of fused-ring (bicyclic) bond motifs is 4. The summed E-state index contributed by atoms with van der Waals surface area (Å²) in [4.78, 5) is 2.61. The van der Waals surface area contributed by atoms with E-state index in [-0.39, 0.29) is 0 Å². The van der Waals surface area contributed by atoms with E-state index in [0.717, 1.165) is 29.5 Å². The summed E-state index contributed by atoms with van der Waals surface area (Å²) < 4.78 is 5.49. The Hall–Kier alpha value is -1.35. The summed E-state index contributed by atoms with van der Waals surface area (Å²) in [7, 11) is 0. The molecule has 0 N–H and O–H groups in total. The van der Waals surface area contributed by atoms with Crippen molar-refractivity contribution in [3.05, 3.63) is 29.5 Å². The van der Waals surface area contributed by atoms with E-state index in [0.29, 0.717) is 0 Å². The van der Waals surface area contributed by atoms with Crippen molar-refractivity contribution in [2.24, 2.45) is 11.8 Å². The Labute approximate surface area is 113 Å². The van der Waals surface area contributed by atoms with Gasteiger partial charge in [-0.25, -0.2) is 0 Å². The van der Waals surface area contributed by atoms with Crippen molar-refractivity contribution in [1.82, 2.24) is 10.1 Å². The number of aryl methyl sites for hydroxylation is 1. The lowest BCUT2D eigenvalue weighted by Gasteiger charge is -2.44. The number of aromatic nitrogens is 1. The van der Waals surface area contributed by atoms with Gasteiger partial charge in [0.1, 0.15) is 0 Å². The Kier molecular flexibility index (Phi) is 2.62. The molecule has 1 aromatic carbocycles. The van der Waals surface area contributed by atoms with Crippen molar-refractivity contribution in [2.75, 3.05) is 19.6 Å². The average Bonchev–Trinajstić information content (AvgIpc) is 2.82. The molecule has 19 heavy (non-hydrogen) atoms. The Bertz CT molecular complexity index is 596. The molecule has 2 aromatic rings. The van der Waals surface area contributed by atoms with E-state index in [1.807, 2.05) is 0 Å². The average molecular weight is 256 g/mol. The molecule has 3 aliphatic rings. The van der Waals surface area contributed by atoms with Gasteiger partial charge in [-0.2, -0.15) is 0 Å². The highest BCUT2D eigenvalue weighted by atomic mass is 16.5. The predicted molar refractivity (Wildman–Crippen MR) is 75.1 cm³/mol. The molecule has 5 rings (SSSR count). The van der Waals surface area contributed by atoms with Crippen LogP contribution in [0.15, 0.2) is 22.7 Å². The van der Waals surface area contributed by atoms with Crippen molar-refractivity contribution < 1.29 is 4.52 Å². The summed E-state index contributed by atoms with van der Waals surface area (Å²) in [6.45, 7) is 5.96. The van der Waals surface area contributed by atoms with Gasteiger partial charge in [-0.3, -0.25) is 0 Å². The highest BCUT2D eigenvalue weighted by Crippen LogP contribution is 2.35. The highest BCUT2D eigenvalue weighted by molar-refractivity contribution is 5.80. The second-order valence-corrected chi connectivity index (χ2v) is 6.23. The predicted octanol–water partition coefficient (Wildman–Crippen LogP) is 3.02. The van der Waals surface area contributed by atoms with Gasteiger partial charge >= 0.3 is 0 Å². The van der Waals surface area contributed by atoms with Gasteiger partial charge in [0.25, 0.3) is 0 Å². The SMILES string of the molecule is Cc1ccc2c(CC3CN4CCC3CC4)noc2c1. The number of hydrogen-bond acceptors (Lipinski definition) is 3. The van der Waals surface area contributed by atoms with Crippen molar-refractivity contribution in [1.29, 1.82) is 0 Å². The maximum absolute atomic E-state index is 5.49. The second kappa shape index (κ2) is 4.34. The van der Waals surface area contributed by atoms with Gasteiger partial charge < -0.3 is 9.42 Å². The molecule has 4 heterocycles. The zero-order valence-corrected chi connectivity index (χ0v) is 11.4. The molecule has 3 aliphatic heterocycles.